The molecule has 0 fully saturated rings. The normalized spacial score (nSPS) is 10.8. The first kappa shape index (κ1) is 12.1. The number of benzene rings is 1. The van der Waals surface area contributed by atoms with Gasteiger partial charge in [0.15, 0.2) is 12.4 Å². The smallest absolute Gasteiger partial charge is 0.170 e. The van der Waals surface area contributed by atoms with Crippen molar-refractivity contribution in [3.63, 3.8) is 0 Å². The lowest BCUT2D eigenvalue weighted by Crippen LogP contribution is -2.25. The topological polar surface area (TPSA) is 52.5 Å². The number of hydrogen-bond acceptors (Lipinski definition) is 3. The molecule has 0 aliphatic heterocycles. The van der Waals surface area contributed by atoms with Gasteiger partial charge in [-0.2, -0.15) is 10.2 Å². The molecule has 0 spiro atoms. The van der Waals surface area contributed by atoms with E-state index in [-0.39, 0.29) is 0 Å². The maximum Gasteiger partial charge on any atom is 0.170 e. The summed E-state index contributed by atoms with van der Waals surface area (Å²) in [4.78, 5) is 0. The molecule has 90 valence electrons. The zero-order valence-corrected chi connectivity index (χ0v) is 10.5. The minimum Gasteiger partial charge on any atom is -0.308 e. The van der Waals surface area contributed by atoms with Crippen molar-refractivity contribution in [2.45, 2.75) is 6.92 Å². The van der Waals surface area contributed by atoms with Gasteiger partial charge in [0, 0.05) is 18.3 Å². The maximum atomic E-state index is 7.30. The molecule has 0 atom stereocenters. The average molecular weight is 239 g/mol. The van der Waals surface area contributed by atoms with E-state index in [1.807, 2.05) is 61.3 Å². The summed E-state index contributed by atoms with van der Waals surface area (Å²) in [6, 6.07) is 9.49. The first-order valence-electron chi connectivity index (χ1n) is 5.67. The van der Waals surface area contributed by atoms with Crippen molar-refractivity contribution in [1.82, 2.24) is 0 Å². The van der Waals surface area contributed by atoms with Gasteiger partial charge in [-0.1, -0.05) is 6.07 Å². The Balaban J connectivity index is 2.23. The Kier molecular flexibility index (Phi) is 3.57. The Labute approximate surface area is 106 Å². The lowest BCUT2D eigenvalue weighted by molar-refractivity contribution is -0.671. The lowest BCUT2D eigenvalue weighted by Gasteiger charge is -1.99. The van der Waals surface area contributed by atoms with Crippen molar-refractivity contribution >= 4 is 17.6 Å². The molecule has 1 aromatic heterocycles. The molecule has 1 heterocycles. The van der Waals surface area contributed by atoms with Crippen molar-refractivity contribution in [2.24, 2.45) is 17.3 Å². The molecule has 18 heavy (non-hydrogen) atoms. The maximum absolute atomic E-state index is 7.30. The predicted octanol–water partition coefficient (Wildman–Crippen LogP) is 3.23. The molecule has 1 N–H and O–H groups in total. The zero-order chi connectivity index (χ0) is 13.0. The van der Waals surface area contributed by atoms with E-state index in [4.69, 9.17) is 5.41 Å². The van der Waals surface area contributed by atoms with Gasteiger partial charge >= 0.3 is 0 Å². The van der Waals surface area contributed by atoms with Crippen LogP contribution >= 0.6 is 0 Å². The van der Waals surface area contributed by atoms with Crippen molar-refractivity contribution in [2.75, 3.05) is 0 Å². The molecule has 0 bridgehead atoms. The number of pyridine rings is 1. The van der Waals surface area contributed by atoms with Gasteiger partial charge in [-0.05, 0) is 30.2 Å². The first-order chi connectivity index (χ1) is 8.69. The van der Waals surface area contributed by atoms with Crippen LogP contribution in [0.5, 0.6) is 0 Å². The summed E-state index contributed by atoms with van der Waals surface area (Å²) in [5.74, 6) is 0. The minimum atomic E-state index is 0.757. The van der Waals surface area contributed by atoms with Crippen molar-refractivity contribution in [1.29, 1.82) is 5.41 Å². The molecule has 1 aromatic carbocycles. The lowest BCUT2D eigenvalue weighted by atomic mass is 10.1. The number of nitrogens with one attached hydrogen (secondary N) is 1. The highest BCUT2D eigenvalue weighted by Crippen LogP contribution is 2.19. The predicted molar refractivity (Wildman–Crippen MR) is 70.9 cm³/mol. The van der Waals surface area contributed by atoms with E-state index in [2.05, 4.69) is 10.2 Å². The molecule has 0 radical (unpaired) electrons. The van der Waals surface area contributed by atoms with Gasteiger partial charge < -0.3 is 5.41 Å². The van der Waals surface area contributed by atoms with Crippen LogP contribution in [-0.4, -0.2) is 6.21 Å². The fraction of sp³-hybridized carbons (Fsp3) is 0.143. The van der Waals surface area contributed by atoms with Gasteiger partial charge in [0.05, 0.1) is 11.4 Å². The average Bonchev–Trinajstić information content (AvgIpc) is 2.39. The number of rotatable bonds is 3. The number of nitrogens with zero attached hydrogens (tertiary/aromatic N) is 3. The largest absolute Gasteiger partial charge is 0.308 e. The Hall–Kier alpha value is -2.36. The Morgan fingerprint density at radius 3 is 2.39 bits per heavy atom. The van der Waals surface area contributed by atoms with Gasteiger partial charge in [0.25, 0.3) is 0 Å². The van der Waals surface area contributed by atoms with E-state index in [1.54, 1.807) is 0 Å². The molecule has 2 aromatic rings. The molecule has 0 aliphatic carbocycles. The monoisotopic (exact) mass is 239 g/mol. The summed E-state index contributed by atoms with van der Waals surface area (Å²) >= 11 is 0. The summed E-state index contributed by atoms with van der Waals surface area (Å²) < 4.78 is 1.94. The standard InChI is InChI=1S/C14H15N4/c1-11-3-4-14(9-12(11)10-15)17-16-13-5-7-18(2)8-6-13/h3-10,15H,1-2H3/q+1. The highest BCUT2D eigenvalue weighted by Gasteiger charge is 1.97. The molecular weight excluding hydrogens is 224 g/mol. The van der Waals surface area contributed by atoms with Crippen LogP contribution in [0, 0.1) is 12.3 Å². The molecule has 0 saturated heterocycles. The van der Waals surface area contributed by atoms with E-state index >= 15 is 0 Å². The van der Waals surface area contributed by atoms with Crippen molar-refractivity contribution in [3.8, 4) is 0 Å². The summed E-state index contributed by atoms with van der Waals surface area (Å²) in [6.45, 7) is 1.97. The van der Waals surface area contributed by atoms with E-state index in [0.29, 0.717) is 0 Å². The third kappa shape index (κ3) is 2.85. The number of azo groups is 1. The third-order valence-corrected chi connectivity index (χ3v) is 2.66. The molecule has 2 rings (SSSR count). The Bertz CT molecular complexity index is 585. The first-order valence-corrected chi connectivity index (χ1v) is 5.67. The van der Waals surface area contributed by atoms with Crippen LogP contribution in [0.1, 0.15) is 11.1 Å². The van der Waals surface area contributed by atoms with Crippen LogP contribution in [0.3, 0.4) is 0 Å². The van der Waals surface area contributed by atoms with E-state index in [9.17, 15) is 0 Å². The Morgan fingerprint density at radius 2 is 1.72 bits per heavy atom. The minimum absolute atomic E-state index is 0.757. The number of hydrogen-bond donors (Lipinski definition) is 1. The molecular formula is C14H15N4+. The Morgan fingerprint density at radius 1 is 1.06 bits per heavy atom. The second-order valence-corrected chi connectivity index (χ2v) is 4.11. The molecule has 0 aliphatic rings. The van der Waals surface area contributed by atoms with Crippen LogP contribution in [0.4, 0.5) is 11.4 Å². The van der Waals surface area contributed by atoms with Gasteiger partial charge in [-0.3, -0.25) is 0 Å². The van der Waals surface area contributed by atoms with Crippen LogP contribution in [0.15, 0.2) is 53.0 Å². The highest BCUT2D eigenvalue weighted by molar-refractivity contribution is 5.80. The second kappa shape index (κ2) is 5.31. The highest BCUT2D eigenvalue weighted by atomic mass is 15.1. The molecule has 0 amide bonds. The van der Waals surface area contributed by atoms with E-state index in [1.165, 1.54) is 6.21 Å². The molecule has 0 saturated carbocycles. The van der Waals surface area contributed by atoms with Crippen LogP contribution < -0.4 is 4.57 Å². The van der Waals surface area contributed by atoms with E-state index in [0.717, 1.165) is 22.5 Å². The van der Waals surface area contributed by atoms with Crippen LogP contribution in [-0.2, 0) is 7.05 Å². The van der Waals surface area contributed by atoms with Gasteiger partial charge in [0.2, 0.25) is 0 Å². The van der Waals surface area contributed by atoms with Crippen molar-refractivity contribution in [3.05, 3.63) is 53.9 Å². The molecule has 4 heteroatoms. The van der Waals surface area contributed by atoms with E-state index < -0.39 is 0 Å². The van der Waals surface area contributed by atoms with Crippen LogP contribution in [0.2, 0.25) is 0 Å². The quantitative estimate of drug-likeness (QED) is 0.486. The van der Waals surface area contributed by atoms with Gasteiger partial charge in [-0.25, -0.2) is 4.57 Å². The molecule has 0 unspecified atom stereocenters. The number of aromatic nitrogens is 1. The second-order valence-electron chi connectivity index (χ2n) is 4.11. The van der Waals surface area contributed by atoms with Gasteiger partial charge in [-0.15, -0.1) is 0 Å². The summed E-state index contributed by atoms with van der Waals surface area (Å²) in [7, 11) is 1.96. The van der Waals surface area contributed by atoms with Crippen molar-refractivity contribution < 1.29 is 4.57 Å². The SMILES string of the molecule is Cc1ccc(N=Nc2cc[n+](C)cc2)cc1C=N. The van der Waals surface area contributed by atoms with Crippen LogP contribution in [0.25, 0.3) is 0 Å². The zero-order valence-electron chi connectivity index (χ0n) is 10.5. The summed E-state index contributed by atoms with van der Waals surface area (Å²) in [5.41, 5.74) is 3.50. The summed E-state index contributed by atoms with van der Waals surface area (Å²) in [5, 5.41) is 15.6. The summed E-state index contributed by atoms with van der Waals surface area (Å²) in [6.07, 6.45) is 5.18. The fourth-order valence-corrected chi connectivity index (χ4v) is 1.52. The number of aryl methyl sites for hydroxylation is 2. The fourth-order valence-electron chi connectivity index (χ4n) is 1.52. The third-order valence-electron chi connectivity index (χ3n) is 2.66. The van der Waals surface area contributed by atoms with Gasteiger partial charge in [0.1, 0.15) is 7.05 Å². The molecule has 4 nitrogen and oxygen atoms in total.